The van der Waals surface area contributed by atoms with Crippen LogP contribution >= 0.6 is 0 Å². The highest BCUT2D eigenvalue weighted by Crippen LogP contribution is 2.31. The molecule has 2 atom stereocenters. The molecule has 10 heteroatoms. The van der Waals surface area contributed by atoms with Crippen LogP contribution in [-0.4, -0.2) is 58.0 Å². The van der Waals surface area contributed by atoms with Gasteiger partial charge in [0.2, 0.25) is 5.95 Å². The standard InChI is InChI=1S/C23H29N7O3/c1-13-14(2)33-11-15-8-17(16-4-6-32-7-5-16)10-18(9-15)27-22-28-20(24-3)19-21(29-22)30(12-25-19)23(31)26-13/h8-10,12-14,16H,4-7,11H2,1-3H3,(H,26,31)(H2,24,27,28,29)/t13-,14-/m1/s1. The molecule has 2 aliphatic heterocycles. The van der Waals surface area contributed by atoms with Crippen LogP contribution in [0.1, 0.15) is 43.7 Å². The Bertz CT molecular complexity index is 1170. The van der Waals surface area contributed by atoms with E-state index < -0.39 is 0 Å². The summed E-state index contributed by atoms with van der Waals surface area (Å²) in [6.07, 6.45) is 3.27. The summed E-state index contributed by atoms with van der Waals surface area (Å²) in [6.45, 7) is 5.88. The van der Waals surface area contributed by atoms with Gasteiger partial charge >= 0.3 is 6.03 Å². The maximum Gasteiger partial charge on any atom is 0.328 e. The molecule has 2 aliphatic rings. The van der Waals surface area contributed by atoms with Crippen LogP contribution in [0.3, 0.4) is 0 Å². The number of aromatic nitrogens is 4. The van der Waals surface area contributed by atoms with E-state index >= 15 is 0 Å². The van der Waals surface area contributed by atoms with Gasteiger partial charge in [-0.2, -0.15) is 9.97 Å². The summed E-state index contributed by atoms with van der Waals surface area (Å²) in [7, 11) is 1.77. The van der Waals surface area contributed by atoms with Gasteiger partial charge in [-0.1, -0.05) is 6.07 Å². The molecule has 0 unspecified atom stereocenters. The molecule has 5 rings (SSSR count). The van der Waals surface area contributed by atoms with Crippen molar-refractivity contribution < 1.29 is 14.3 Å². The van der Waals surface area contributed by atoms with Crippen LogP contribution in [-0.2, 0) is 16.1 Å². The van der Waals surface area contributed by atoms with Crippen molar-refractivity contribution >= 4 is 34.6 Å². The lowest BCUT2D eigenvalue weighted by Gasteiger charge is -2.25. The van der Waals surface area contributed by atoms with E-state index in [0.717, 1.165) is 37.3 Å². The minimum Gasteiger partial charge on any atom is -0.381 e. The molecule has 1 aromatic carbocycles. The molecule has 0 aliphatic carbocycles. The Kier molecular flexibility index (Phi) is 5.86. The molecule has 1 saturated heterocycles. The van der Waals surface area contributed by atoms with Crippen LogP contribution in [0.25, 0.3) is 11.2 Å². The Hall–Kier alpha value is -3.24. The third kappa shape index (κ3) is 4.36. The summed E-state index contributed by atoms with van der Waals surface area (Å²) in [5.74, 6) is 1.37. The van der Waals surface area contributed by atoms with Crippen molar-refractivity contribution in [1.29, 1.82) is 0 Å². The van der Waals surface area contributed by atoms with Crippen LogP contribution in [0.4, 0.5) is 22.2 Å². The number of carbonyl (C=O) groups is 1. The van der Waals surface area contributed by atoms with Crippen LogP contribution in [0.5, 0.6) is 0 Å². The molecule has 0 radical (unpaired) electrons. The van der Waals surface area contributed by atoms with Gasteiger partial charge in [0, 0.05) is 25.9 Å². The van der Waals surface area contributed by atoms with Crippen molar-refractivity contribution in [3.05, 3.63) is 35.7 Å². The van der Waals surface area contributed by atoms with Crippen molar-refractivity contribution in [2.24, 2.45) is 0 Å². The highest BCUT2D eigenvalue weighted by molar-refractivity contribution is 5.92. The molecule has 10 nitrogen and oxygen atoms in total. The van der Waals surface area contributed by atoms with Gasteiger partial charge in [-0.25, -0.2) is 14.3 Å². The highest BCUT2D eigenvalue weighted by Gasteiger charge is 2.22. The first-order chi connectivity index (χ1) is 16.0. The lowest BCUT2D eigenvalue weighted by Crippen LogP contribution is -2.42. The van der Waals surface area contributed by atoms with Crippen molar-refractivity contribution in [1.82, 2.24) is 24.8 Å². The number of fused-ring (bicyclic) bond motifs is 3. The van der Waals surface area contributed by atoms with Gasteiger partial charge < -0.3 is 25.4 Å². The van der Waals surface area contributed by atoms with Crippen LogP contribution in [0.15, 0.2) is 24.5 Å². The number of anilines is 3. The van der Waals surface area contributed by atoms with Crippen LogP contribution in [0, 0.1) is 0 Å². The van der Waals surface area contributed by atoms with Gasteiger partial charge in [-0.15, -0.1) is 0 Å². The van der Waals surface area contributed by atoms with Gasteiger partial charge in [-0.05, 0) is 55.9 Å². The molecule has 1 fully saturated rings. The number of hydrogen-bond acceptors (Lipinski definition) is 8. The fraction of sp³-hybridized carbons (Fsp3) is 0.478. The summed E-state index contributed by atoms with van der Waals surface area (Å²) in [5, 5.41) is 9.39. The van der Waals surface area contributed by atoms with Crippen molar-refractivity contribution in [3.63, 3.8) is 0 Å². The molecule has 3 N–H and O–H groups in total. The predicted molar refractivity (Wildman–Crippen MR) is 125 cm³/mol. The van der Waals surface area contributed by atoms with Crippen molar-refractivity contribution in [2.75, 3.05) is 30.9 Å². The number of benzene rings is 1. The van der Waals surface area contributed by atoms with Gasteiger partial charge in [-0.3, -0.25) is 0 Å². The second-order valence-corrected chi connectivity index (χ2v) is 8.66. The number of amides is 1. The minimum atomic E-state index is -0.315. The third-order valence-electron chi connectivity index (χ3n) is 6.38. The zero-order valence-corrected chi connectivity index (χ0v) is 19.1. The SMILES string of the molecule is CNc1nc2nc3c1ncn3C(=O)N[C@H](C)[C@@H](C)OCc1cc(cc(C3CCOCC3)c1)N2. The smallest absolute Gasteiger partial charge is 0.328 e. The van der Waals surface area contributed by atoms with E-state index in [1.807, 2.05) is 13.8 Å². The molecule has 1 amide bonds. The maximum absolute atomic E-state index is 12.9. The molecule has 33 heavy (non-hydrogen) atoms. The van der Waals surface area contributed by atoms with Gasteiger partial charge in [0.15, 0.2) is 17.0 Å². The second-order valence-electron chi connectivity index (χ2n) is 8.66. The van der Waals surface area contributed by atoms with E-state index in [-0.39, 0.29) is 18.2 Å². The molecular formula is C23H29N7O3. The summed E-state index contributed by atoms with van der Waals surface area (Å²) < 4.78 is 13.1. The normalized spacial score (nSPS) is 22.0. The van der Waals surface area contributed by atoms with Crippen molar-refractivity contribution in [3.8, 4) is 0 Å². The van der Waals surface area contributed by atoms with E-state index in [2.05, 4.69) is 49.1 Å². The Morgan fingerprint density at radius 2 is 1.97 bits per heavy atom. The number of rotatable bonds is 2. The second kappa shape index (κ2) is 8.95. The summed E-state index contributed by atoms with van der Waals surface area (Å²) in [4.78, 5) is 26.5. The number of nitrogens with one attached hydrogen (secondary N) is 3. The lowest BCUT2D eigenvalue weighted by molar-refractivity contribution is 0.0336. The topological polar surface area (TPSA) is 115 Å². The van der Waals surface area contributed by atoms with Crippen molar-refractivity contribution in [2.45, 2.75) is 51.4 Å². The molecule has 4 heterocycles. The number of hydrogen-bond donors (Lipinski definition) is 3. The maximum atomic E-state index is 12.9. The molecule has 0 spiro atoms. The summed E-state index contributed by atoms with van der Waals surface area (Å²) in [6, 6.07) is 5.90. The minimum absolute atomic E-state index is 0.187. The molecule has 2 aromatic heterocycles. The number of carbonyl (C=O) groups excluding carboxylic acids is 1. The fourth-order valence-corrected chi connectivity index (χ4v) is 4.30. The monoisotopic (exact) mass is 451 g/mol. The first-order valence-corrected chi connectivity index (χ1v) is 11.4. The van der Waals surface area contributed by atoms with E-state index in [0.29, 0.717) is 35.5 Å². The van der Waals surface area contributed by atoms with Crippen LogP contribution < -0.4 is 16.0 Å². The molecule has 174 valence electrons. The van der Waals surface area contributed by atoms with Gasteiger partial charge in [0.25, 0.3) is 0 Å². The zero-order valence-electron chi connectivity index (χ0n) is 19.1. The van der Waals surface area contributed by atoms with E-state index in [1.165, 1.54) is 16.5 Å². The zero-order chi connectivity index (χ0) is 22.9. The van der Waals surface area contributed by atoms with E-state index in [4.69, 9.17) is 9.47 Å². The Morgan fingerprint density at radius 3 is 2.76 bits per heavy atom. The molecule has 4 bridgehead atoms. The number of ether oxygens (including phenoxy) is 2. The lowest BCUT2D eigenvalue weighted by atomic mass is 9.90. The average molecular weight is 452 g/mol. The predicted octanol–water partition coefficient (Wildman–Crippen LogP) is 3.37. The van der Waals surface area contributed by atoms with Gasteiger partial charge in [0.1, 0.15) is 6.33 Å². The largest absolute Gasteiger partial charge is 0.381 e. The Labute approximate surface area is 192 Å². The first-order valence-electron chi connectivity index (χ1n) is 11.4. The number of imidazole rings is 1. The van der Waals surface area contributed by atoms with Gasteiger partial charge in [0.05, 0.1) is 18.8 Å². The summed E-state index contributed by atoms with van der Waals surface area (Å²) in [5.41, 5.74) is 4.14. The van der Waals surface area contributed by atoms with E-state index in [9.17, 15) is 4.79 Å². The summed E-state index contributed by atoms with van der Waals surface area (Å²) >= 11 is 0. The molecule has 0 saturated carbocycles. The average Bonchev–Trinajstić information content (AvgIpc) is 3.26. The Balaban J connectivity index is 1.62. The highest BCUT2D eigenvalue weighted by atomic mass is 16.5. The molecular weight excluding hydrogens is 422 g/mol. The molecule has 3 aromatic rings. The Morgan fingerprint density at radius 1 is 1.15 bits per heavy atom. The quantitative estimate of drug-likeness (QED) is 0.543. The number of nitrogens with zero attached hydrogens (tertiary/aromatic N) is 4. The van der Waals surface area contributed by atoms with Crippen LogP contribution in [0.2, 0.25) is 0 Å². The fourth-order valence-electron chi connectivity index (χ4n) is 4.30. The van der Waals surface area contributed by atoms with E-state index in [1.54, 1.807) is 7.05 Å². The third-order valence-corrected chi connectivity index (χ3v) is 6.38. The first kappa shape index (κ1) is 21.6.